The lowest BCUT2D eigenvalue weighted by molar-refractivity contribution is -0.121. The molecular formula is C29H24FN3O3. The minimum Gasteiger partial charge on any atom is -0.459 e. The average Bonchev–Trinajstić information content (AvgIpc) is 3.56. The van der Waals surface area contributed by atoms with Gasteiger partial charge in [-0.15, -0.1) is 0 Å². The van der Waals surface area contributed by atoms with Crippen LogP contribution < -0.4 is 10.6 Å². The number of anilines is 1. The molecule has 0 unspecified atom stereocenters. The molecule has 0 aliphatic rings. The smallest absolute Gasteiger partial charge is 0.291 e. The van der Waals surface area contributed by atoms with Crippen molar-refractivity contribution in [2.75, 3.05) is 5.32 Å². The van der Waals surface area contributed by atoms with Crippen molar-refractivity contribution in [1.29, 1.82) is 0 Å². The topological polar surface area (TPSA) is 87.1 Å². The zero-order valence-electron chi connectivity index (χ0n) is 19.4. The van der Waals surface area contributed by atoms with Crippen molar-refractivity contribution < 1.29 is 18.4 Å². The minimum absolute atomic E-state index is 0.0689. The van der Waals surface area contributed by atoms with Gasteiger partial charge < -0.3 is 20.0 Å². The summed E-state index contributed by atoms with van der Waals surface area (Å²) in [5.74, 6) is -0.438. The lowest BCUT2D eigenvalue weighted by Gasteiger charge is -2.09. The van der Waals surface area contributed by atoms with E-state index in [1.54, 1.807) is 36.4 Å². The first-order chi connectivity index (χ1) is 17.6. The summed E-state index contributed by atoms with van der Waals surface area (Å²) < 4.78 is 18.5. The number of fused-ring (bicyclic) bond motifs is 1. The van der Waals surface area contributed by atoms with Crippen LogP contribution in [0.3, 0.4) is 0 Å². The van der Waals surface area contributed by atoms with Crippen LogP contribution in [0.15, 0.2) is 95.6 Å². The molecule has 0 radical (unpaired) electrons. The number of benzene rings is 3. The summed E-state index contributed by atoms with van der Waals surface area (Å²) in [4.78, 5) is 28.1. The van der Waals surface area contributed by atoms with Crippen LogP contribution in [0.4, 0.5) is 10.1 Å². The van der Waals surface area contributed by atoms with E-state index in [0.29, 0.717) is 25.1 Å². The van der Waals surface area contributed by atoms with Gasteiger partial charge in [0.05, 0.1) is 6.26 Å². The summed E-state index contributed by atoms with van der Waals surface area (Å²) in [5, 5.41) is 6.78. The fourth-order valence-corrected chi connectivity index (χ4v) is 4.16. The second-order valence-electron chi connectivity index (χ2n) is 8.44. The maximum atomic E-state index is 13.4. The first-order valence-electron chi connectivity index (χ1n) is 11.6. The van der Waals surface area contributed by atoms with Gasteiger partial charge in [-0.25, -0.2) is 4.39 Å². The third-order valence-corrected chi connectivity index (χ3v) is 6.00. The Morgan fingerprint density at radius 1 is 0.889 bits per heavy atom. The highest BCUT2D eigenvalue weighted by molar-refractivity contribution is 6.02. The van der Waals surface area contributed by atoms with Crippen molar-refractivity contribution in [2.45, 2.75) is 19.4 Å². The summed E-state index contributed by atoms with van der Waals surface area (Å²) in [5.41, 5.74) is 5.34. The zero-order chi connectivity index (χ0) is 24.9. The van der Waals surface area contributed by atoms with Crippen LogP contribution in [0.5, 0.6) is 0 Å². The molecular weight excluding hydrogens is 457 g/mol. The Hall–Kier alpha value is -4.65. The van der Waals surface area contributed by atoms with Crippen molar-refractivity contribution in [3.8, 4) is 11.3 Å². The van der Waals surface area contributed by atoms with Gasteiger partial charge in [-0.2, -0.15) is 0 Å². The standard InChI is InChI=1S/C29H24FN3O3/c30-21-11-9-20(10-12-21)28-24(23-4-1-2-5-25(23)33-28)15-16-27(34)31-18-19-7-13-22(14-8-19)32-29(35)26-6-3-17-36-26/h1-14,17,33H,15-16,18H2,(H,31,34)(H,32,35). The molecule has 3 N–H and O–H groups in total. The van der Waals surface area contributed by atoms with E-state index in [1.807, 2.05) is 36.4 Å². The average molecular weight is 482 g/mol. The fraction of sp³-hybridized carbons (Fsp3) is 0.103. The van der Waals surface area contributed by atoms with Gasteiger partial charge in [0.15, 0.2) is 5.76 Å². The largest absolute Gasteiger partial charge is 0.459 e. The Morgan fingerprint density at radius 2 is 1.67 bits per heavy atom. The van der Waals surface area contributed by atoms with Crippen LogP contribution in [0, 0.1) is 5.82 Å². The summed E-state index contributed by atoms with van der Waals surface area (Å²) in [6.45, 7) is 0.379. The van der Waals surface area contributed by atoms with Gasteiger partial charge in [-0.05, 0) is 77.7 Å². The number of amides is 2. The molecule has 0 aliphatic heterocycles. The molecule has 0 spiro atoms. The number of para-hydroxylation sites is 1. The molecule has 0 atom stereocenters. The first-order valence-corrected chi connectivity index (χ1v) is 11.6. The van der Waals surface area contributed by atoms with Crippen LogP contribution in [0.25, 0.3) is 22.2 Å². The first kappa shape index (κ1) is 23.1. The van der Waals surface area contributed by atoms with Gasteiger partial charge in [-0.1, -0.05) is 30.3 Å². The molecule has 3 aromatic carbocycles. The molecule has 0 bridgehead atoms. The van der Waals surface area contributed by atoms with E-state index in [1.165, 1.54) is 18.4 Å². The number of aryl methyl sites for hydroxylation is 1. The number of furan rings is 1. The van der Waals surface area contributed by atoms with Gasteiger partial charge in [0, 0.05) is 35.2 Å². The predicted octanol–water partition coefficient (Wildman–Crippen LogP) is 6.07. The SMILES string of the molecule is O=C(CCc1c(-c2ccc(F)cc2)[nH]c2ccccc12)NCc1ccc(NC(=O)c2ccco2)cc1. The molecule has 0 aliphatic carbocycles. The number of aromatic amines is 1. The number of aromatic nitrogens is 1. The quantitative estimate of drug-likeness (QED) is 0.251. The molecule has 5 aromatic rings. The maximum absolute atomic E-state index is 13.4. The van der Waals surface area contributed by atoms with E-state index in [0.717, 1.165) is 33.3 Å². The van der Waals surface area contributed by atoms with Crippen molar-refractivity contribution in [3.63, 3.8) is 0 Å². The Kier molecular flexibility index (Phi) is 6.62. The van der Waals surface area contributed by atoms with Crippen LogP contribution in [-0.2, 0) is 17.8 Å². The van der Waals surface area contributed by atoms with Crippen LogP contribution in [0.1, 0.15) is 28.1 Å². The lowest BCUT2D eigenvalue weighted by Crippen LogP contribution is -2.23. The predicted molar refractivity (Wildman–Crippen MR) is 137 cm³/mol. The summed E-state index contributed by atoms with van der Waals surface area (Å²) in [6.07, 6.45) is 2.30. The minimum atomic E-state index is -0.321. The molecule has 0 fully saturated rings. The number of rotatable bonds is 8. The number of hydrogen-bond donors (Lipinski definition) is 3. The Balaban J connectivity index is 1.20. The molecule has 2 aromatic heterocycles. The van der Waals surface area contributed by atoms with Gasteiger partial charge in [0.1, 0.15) is 5.82 Å². The second-order valence-corrected chi connectivity index (χ2v) is 8.44. The van der Waals surface area contributed by atoms with Gasteiger partial charge >= 0.3 is 0 Å². The second kappa shape index (κ2) is 10.3. The molecule has 6 nitrogen and oxygen atoms in total. The van der Waals surface area contributed by atoms with E-state index >= 15 is 0 Å². The molecule has 5 rings (SSSR count). The fourth-order valence-electron chi connectivity index (χ4n) is 4.16. The normalized spacial score (nSPS) is 10.9. The number of carbonyl (C=O) groups excluding carboxylic acids is 2. The van der Waals surface area contributed by atoms with E-state index in [9.17, 15) is 14.0 Å². The number of H-pyrrole nitrogens is 1. The van der Waals surface area contributed by atoms with E-state index in [4.69, 9.17) is 4.42 Å². The number of halogens is 1. The molecule has 2 amide bonds. The molecule has 180 valence electrons. The van der Waals surface area contributed by atoms with E-state index < -0.39 is 0 Å². The van der Waals surface area contributed by atoms with Gasteiger partial charge in [-0.3, -0.25) is 9.59 Å². The third kappa shape index (κ3) is 5.20. The Bertz CT molecular complexity index is 1490. The molecule has 7 heteroatoms. The monoisotopic (exact) mass is 481 g/mol. The van der Waals surface area contributed by atoms with Crippen molar-refractivity contribution in [2.24, 2.45) is 0 Å². The van der Waals surface area contributed by atoms with Crippen molar-refractivity contribution >= 4 is 28.4 Å². The van der Waals surface area contributed by atoms with Gasteiger partial charge in [0.25, 0.3) is 5.91 Å². The molecule has 0 saturated heterocycles. The molecule has 2 heterocycles. The molecule has 36 heavy (non-hydrogen) atoms. The van der Waals surface area contributed by atoms with Crippen LogP contribution in [-0.4, -0.2) is 16.8 Å². The number of hydrogen-bond acceptors (Lipinski definition) is 3. The highest BCUT2D eigenvalue weighted by Crippen LogP contribution is 2.31. The number of nitrogens with one attached hydrogen (secondary N) is 3. The number of carbonyl (C=O) groups is 2. The van der Waals surface area contributed by atoms with E-state index in [2.05, 4.69) is 15.6 Å². The Labute approximate surface area is 207 Å². The van der Waals surface area contributed by atoms with Crippen LogP contribution in [0.2, 0.25) is 0 Å². The van der Waals surface area contributed by atoms with Crippen molar-refractivity contribution in [1.82, 2.24) is 10.3 Å². The highest BCUT2D eigenvalue weighted by Gasteiger charge is 2.15. The Morgan fingerprint density at radius 3 is 2.42 bits per heavy atom. The summed E-state index contributed by atoms with van der Waals surface area (Å²) in [7, 11) is 0. The maximum Gasteiger partial charge on any atom is 0.291 e. The van der Waals surface area contributed by atoms with Gasteiger partial charge in [0.2, 0.25) is 5.91 Å². The highest BCUT2D eigenvalue weighted by atomic mass is 19.1. The third-order valence-electron chi connectivity index (χ3n) is 6.00. The summed E-state index contributed by atoms with van der Waals surface area (Å²) >= 11 is 0. The zero-order valence-corrected chi connectivity index (χ0v) is 19.4. The van der Waals surface area contributed by atoms with E-state index in [-0.39, 0.29) is 23.4 Å². The lowest BCUT2D eigenvalue weighted by atomic mass is 10.0. The molecule has 0 saturated carbocycles. The van der Waals surface area contributed by atoms with Crippen molar-refractivity contribution in [3.05, 3.63) is 114 Å². The summed E-state index contributed by atoms with van der Waals surface area (Å²) in [6, 6.07) is 24.8. The van der Waals surface area contributed by atoms with Crippen LogP contribution >= 0.6 is 0 Å².